The summed E-state index contributed by atoms with van der Waals surface area (Å²) in [5, 5.41) is 3.49. The molecule has 0 amide bonds. The van der Waals surface area contributed by atoms with Crippen LogP contribution in [0.2, 0.25) is 0 Å². The number of aliphatic imine (C=N–C) groups is 1. The second kappa shape index (κ2) is 12.4. The van der Waals surface area contributed by atoms with Gasteiger partial charge in [-0.2, -0.15) is 0 Å². The lowest BCUT2D eigenvalue weighted by atomic mass is 10.2. The summed E-state index contributed by atoms with van der Waals surface area (Å²) in [5.74, 6) is 1.85. The van der Waals surface area contributed by atoms with Crippen LogP contribution in [0.3, 0.4) is 0 Å². The summed E-state index contributed by atoms with van der Waals surface area (Å²) < 4.78 is 5.44. The maximum Gasteiger partial charge on any atom is 0.193 e. The fourth-order valence-electron chi connectivity index (χ4n) is 3.23. The Morgan fingerprint density at radius 1 is 1.20 bits per heavy atom. The maximum atomic E-state index is 5.44. The van der Waals surface area contributed by atoms with Gasteiger partial charge in [-0.1, -0.05) is 31.0 Å². The van der Waals surface area contributed by atoms with Gasteiger partial charge in [0, 0.05) is 39.3 Å². The van der Waals surface area contributed by atoms with Crippen molar-refractivity contribution in [1.29, 1.82) is 0 Å². The molecule has 0 radical (unpaired) electrons. The van der Waals surface area contributed by atoms with Crippen LogP contribution in [0.4, 0.5) is 0 Å². The second-order valence-electron chi connectivity index (χ2n) is 6.40. The maximum absolute atomic E-state index is 5.44. The molecule has 1 aromatic rings. The number of methoxy groups -OCH3 is 1. The third-order valence-corrected chi connectivity index (χ3v) is 4.58. The normalized spacial score (nSPS) is 15.9. The van der Waals surface area contributed by atoms with Crippen LogP contribution in [0.5, 0.6) is 5.75 Å². The van der Waals surface area contributed by atoms with Crippen molar-refractivity contribution >= 4 is 29.9 Å². The number of halogens is 1. The zero-order chi connectivity index (χ0) is 17.2. The zero-order valence-corrected chi connectivity index (χ0v) is 18.2. The van der Waals surface area contributed by atoms with E-state index in [1.165, 1.54) is 38.8 Å². The summed E-state index contributed by atoms with van der Waals surface area (Å²) in [6.07, 6.45) is 5.44. The zero-order valence-electron chi connectivity index (χ0n) is 15.8. The van der Waals surface area contributed by atoms with Gasteiger partial charge in [0.25, 0.3) is 0 Å². The number of ether oxygens (including phenoxy) is 1. The van der Waals surface area contributed by atoms with E-state index in [2.05, 4.69) is 33.2 Å². The number of nitrogens with one attached hydrogen (secondary N) is 1. The van der Waals surface area contributed by atoms with Crippen LogP contribution in [0.15, 0.2) is 29.3 Å². The average Bonchev–Trinajstić information content (AvgIpc) is 2.88. The van der Waals surface area contributed by atoms with Crippen molar-refractivity contribution < 1.29 is 4.74 Å². The molecule has 2 rings (SSSR count). The van der Waals surface area contributed by atoms with E-state index in [9.17, 15) is 0 Å². The summed E-state index contributed by atoms with van der Waals surface area (Å²) in [6, 6.07) is 8.14. The first-order valence-electron chi connectivity index (χ1n) is 9.00. The molecule has 1 heterocycles. The van der Waals surface area contributed by atoms with E-state index in [-0.39, 0.29) is 24.0 Å². The third kappa shape index (κ3) is 7.40. The quantitative estimate of drug-likeness (QED) is 0.402. The molecule has 0 aliphatic carbocycles. The van der Waals surface area contributed by atoms with Crippen LogP contribution in [-0.4, -0.2) is 63.1 Å². The molecule has 1 saturated heterocycles. The highest BCUT2D eigenvalue weighted by Gasteiger charge is 2.11. The molecule has 0 unspecified atom stereocenters. The van der Waals surface area contributed by atoms with Crippen molar-refractivity contribution in [2.75, 3.05) is 47.4 Å². The summed E-state index contributed by atoms with van der Waals surface area (Å²) >= 11 is 0. The molecule has 1 aromatic carbocycles. The number of likely N-dealkylation sites (tertiary alicyclic amines) is 1. The van der Waals surface area contributed by atoms with Gasteiger partial charge in [-0.05, 0) is 32.0 Å². The van der Waals surface area contributed by atoms with E-state index < -0.39 is 0 Å². The number of hydrogen-bond donors (Lipinski definition) is 1. The molecule has 0 spiro atoms. The molecule has 0 aromatic heterocycles. The van der Waals surface area contributed by atoms with E-state index in [4.69, 9.17) is 4.74 Å². The first kappa shape index (κ1) is 22.0. The molecule has 0 bridgehead atoms. The summed E-state index contributed by atoms with van der Waals surface area (Å²) in [5.41, 5.74) is 1.16. The Balaban J connectivity index is 0.00000312. The Morgan fingerprint density at radius 2 is 1.88 bits per heavy atom. The minimum absolute atomic E-state index is 0. The lowest BCUT2D eigenvalue weighted by molar-refractivity contribution is 0.287. The molecule has 1 aliphatic rings. The van der Waals surface area contributed by atoms with Crippen LogP contribution in [-0.2, 0) is 6.54 Å². The van der Waals surface area contributed by atoms with Gasteiger partial charge >= 0.3 is 0 Å². The molecular weight excluding hydrogens is 427 g/mol. The van der Waals surface area contributed by atoms with E-state index in [1.54, 1.807) is 7.11 Å². The Morgan fingerprint density at radius 3 is 2.52 bits per heavy atom. The summed E-state index contributed by atoms with van der Waals surface area (Å²) in [6.45, 7) is 5.26. The summed E-state index contributed by atoms with van der Waals surface area (Å²) in [4.78, 5) is 9.12. The number of rotatable bonds is 6. The lowest BCUT2D eigenvalue weighted by Gasteiger charge is -2.25. The largest absolute Gasteiger partial charge is 0.496 e. The van der Waals surface area contributed by atoms with Crippen LogP contribution in [0.1, 0.15) is 31.2 Å². The highest BCUT2D eigenvalue weighted by atomic mass is 127. The van der Waals surface area contributed by atoms with Gasteiger partial charge in [-0.25, -0.2) is 0 Å². The number of guanidine groups is 1. The topological polar surface area (TPSA) is 40.1 Å². The van der Waals surface area contributed by atoms with E-state index in [1.807, 2.05) is 25.2 Å². The monoisotopic (exact) mass is 460 g/mol. The predicted octanol–water partition coefficient (Wildman–Crippen LogP) is 3.20. The molecule has 1 aliphatic heterocycles. The van der Waals surface area contributed by atoms with Gasteiger partial charge in [0.1, 0.15) is 5.75 Å². The fraction of sp³-hybridized carbons (Fsp3) is 0.632. The van der Waals surface area contributed by atoms with E-state index in [0.717, 1.165) is 36.9 Å². The van der Waals surface area contributed by atoms with Gasteiger partial charge in [0.2, 0.25) is 0 Å². The van der Waals surface area contributed by atoms with E-state index in [0.29, 0.717) is 0 Å². The standard InChI is InChI=1S/C19H32N4O.HI/c1-20-19(21-12-15-23-13-8-4-5-9-14-23)22(2)16-17-10-6-7-11-18(17)24-3;/h6-7,10-11H,4-5,8-9,12-16H2,1-3H3,(H,20,21);1H. The molecular formula is C19H33IN4O. The molecule has 6 heteroatoms. The number of benzene rings is 1. The highest BCUT2D eigenvalue weighted by Crippen LogP contribution is 2.18. The van der Waals surface area contributed by atoms with Crippen molar-refractivity contribution in [3.63, 3.8) is 0 Å². The molecule has 0 atom stereocenters. The number of hydrogen-bond acceptors (Lipinski definition) is 3. The van der Waals surface area contributed by atoms with Crippen molar-refractivity contribution in [3.8, 4) is 5.75 Å². The van der Waals surface area contributed by atoms with E-state index >= 15 is 0 Å². The minimum atomic E-state index is 0. The first-order valence-corrected chi connectivity index (χ1v) is 9.00. The first-order chi connectivity index (χ1) is 11.7. The minimum Gasteiger partial charge on any atom is -0.496 e. The second-order valence-corrected chi connectivity index (χ2v) is 6.40. The highest BCUT2D eigenvalue weighted by molar-refractivity contribution is 14.0. The van der Waals surface area contributed by atoms with Crippen LogP contribution in [0, 0.1) is 0 Å². The van der Waals surface area contributed by atoms with Crippen LogP contribution >= 0.6 is 24.0 Å². The van der Waals surface area contributed by atoms with Crippen molar-refractivity contribution in [2.24, 2.45) is 4.99 Å². The number of para-hydroxylation sites is 1. The molecule has 142 valence electrons. The van der Waals surface area contributed by atoms with Crippen molar-refractivity contribution in [1.82, 2.24) is 15.1 Å². The van der Waals surface area contributed by atoms with Gasteiger partial charge in [-0.15, -0.1) is 24.0 Å². The van der Waals surface area contributed by atoms with Crippen LogP contribution < -0.4 is 10.1 Å². The van der Waals surface area contributed by atoms with Crippen molar-refractivity contribution in [3.05, 3.63) is 29.8 Å². The SMILES string of the molecule is CN=C(NCCN1CCCCCC1)N(C)Cc1ccccc1OC.I. The molecule has 25 heavy (non-hydrogen) atoms. The fourth-order valence-corrected chi connectivity index (χ4v) is 3.23. The molecule has 1 N–H and O–H groups in total. The van der Waals surface area contributed by atoms with Crippen LogP contribution in [0.25, 0.3) is 0 Å². The summed E-state index contributed by atoms with van der Waals surface area (Å²) in [7, 11) is 5.62. The smallest absolute Gasteiger partial charge is 0.193 e. The molecule has 0 saturated carbocycles. The third-order valence-electron chi connectivity index (χ3n) is 4.58. The Labute approximate surface area is 169 Å². The van der Waals surface area contributed by atoms with Gasteiger partial charge < -0.3 is 19.9 Å². The Bertz CT molecular complexity index is 516. The lowest BCUT2D eigenvalue weighted by Crippen LogP contribution is -2.42. The molecule has 5 nitrogen and oxygen atoms in total. The van der Waals surface area contributed by atoms with Gasteiger partial charge in [0.05, 0.1) is 7.11 Å². The Hall–Kier alpha value is -1.02. The average molecular weight is 460 g/mol. The van der Waals surface area contributed by atoms with Crippen molar-refractivity contribution in [2.45, 2.75) is 32.2 Å². The van der Waals surface area contributed by atoms with Gasteiger partial charge in [0.15, 0.2) is 5.96 Å². The predicted molar refractivity (Wildman–Crippen MR) is 116 cm³/mol. The Kier molecular flexibility index (Phi) is 10.9. The molecule has 1 fully saturated rings. The number of nitrogens with zero attached hydrogens (tertiary/aromatic N) is 3. The van der Waals surface area contributed by atoms with Gasteiger partial charge in [-0.3, -0.25) is 4.99 Å².